The molecule has 0 aliphatic carbocycles. The summed E-state index contributed by atoms with van der Waals surface area (Å²) in [4.78, 5) is 0. The second-order valence-electron chi connectivity index (χ2n) is 2.84. The maximum atomic E-state index is 8.83. The van der Waals surface area contributed by atoms with Crippen molar-refractivity contribution in [1.29, 1.82) is 5.26 Å². The van der Waals surface area contributed by atoms with Crippen LogP contribution in [0.3, 0.4) is 0 Å². The molecule has 0 N–H and O–H groups in total. The minimum Gasteiger partial charge on any atom is -0.219 e. The number of aryl methyl sites for hydroxylation is 1. The lowest BCUT2D eigenvalue weighted by atomic mass is 10.3. The molecular formula is C9H7N5. The van der Waals surface area contributed by atoms with Crippen molar-refractivity contribution < 1.29 is 0 Å². The Morgan fingerprint density at radius 3 is 3.00 bits per heavy atom. The van der Waals surface area contributed by atoms with Crippen LogP contribution in [0.15, 0.2) is 24.7 Å². The maximum absolute atomic E-state index is 8.83. The average molecular weight is 185 g/mol. The molecule has 14 heavy (non-hydrogen) atoms. The summed E-state index contributed by atoms with van der Waals surface area (Å²) in [6.07, 6.45) is 4.99. The van der Waals surface area contributed by atoms with Crippen LogP contribution in [0.2, 0.25) is 0 Å². The molecule has 5 nitrogen and oxygen atoms in total. The number of hydrogen-bond acceptors (Lipinski definition) is 4. The van der Waals surface area contributed by atoms with E-state index >= 15 is 0 Å². The summed E-state index contributed by atoms with van der Waals surface area (Å²) in [5.41, 5.74) is 1.47. The zero-order valence-corrected chi connectivity index (χ0v) is 7.55. The first-order valence-corrected chi connectivity index (χ1v) is 4.04. The Kier molecular flexibility index (Phi) is 1.95. The highest BCUT2D eigenvalue weighted by atomic mass is 15.3. The van der Waals surface area contributed by atoms with E-state index in [1.807, 2.05) is 13.0 Å². The Labute approximate surface area is 80.6 Å². The molecule has 0 saturated carbocycles. The molecule has 0 bridgehead atoms. The molecule has 0 fully saturated rings. The van der Waals surface area contributed by atoms with Gasteiger partial charge in [0.25, 0.3) is 0 Å². The molecular weight excluding hydrogens is 178 g/mol. The van der Waals surface area contributed by atoms with Crippen molar-refractivity contribution in [1.82, 2.24) is 20.0 Å². The molecule has 2 aromatic rings. The third kappa shape index (κ3) is 1.33. The predicted octanol–water partition coefficient (Wildman–Crippen LogP) is 0.842. The largest absolute Gasteiger partial charge is 0.219 e. The maximum Gasteiger partial charge on any atom is 0.193 e. The van der Waals surface area contributed by atoms with Gasteiger partial charge in [-0.1, -0.05) is 0 Å². The average Bonchev–Trinajstić information content (AvgIpc) is 2.65. The van der Waals surface area contributed by atoms with Crippen LogP contribution in [0.5, 0.6) is 0 Å². The molecule has 68 valence electrons. The van der Waals surface area contributed by atoms with E-state index in [1.165, 1.54) is 6.20 Å². The number of hydrogen-bond donors (Lipinski definition) is 0. The van der Waals surface area contributed by atoms with Gasteiger partial charge in [0.15, 0.2) is 5.82 Å². The van der Waals surface area contributed by atoms with E-state index in [2.05, 4.69) is 15.3 Å². The van der Waals surface area contributed by atoms with Gasteiger partial charge >= 0.3 is 0 Å². The molecule has 2 aromatic heterocycles. The van der Waals surface area contributed by atoms with Crippen molar-refractivity contribution >= 4 is 0 Å². The highest BCUT2D eigenvalue weighted by molar-refractivity contribution is 5.41. The number of nitrogens with zero attached hydrogens (tertiary/aromatic N) is 5. The fraction of sp³-hybridized carbons (Fsp3) is 0.111. The minimum absolute atomic E-state index is 0.461. The summed E-state index contributed by atoms with van der Waals surface area (Å²) in [5, 5.41) is 20.5. The van der Waals surface area contributed by atoms with Gasteiger partial charge < -0.3 is 0 Å². The molecule has 2 rings (SSSR count). The Bertz CT molecular complexity index is 494. The third-order valence-electron chi connectivity index (χ3n) is 1.75. The summed E-state index contributed by atoms with van der Waals surface area (Å²) in [6, 6.07) is 3.65. The Balaban J connectivity index is 2.57. The van der Waals surface area contributed by atoms with Crippen LogP contribution < -0.4 is 0 Å². The monoisotopic (exact) mass is 185 g/mol. The smallest absolute Gasteiger partial charge is 0.193 e. The predicted molar refractivity (Wildman–Crippen MR) is 48.6 cm³/mol. The van der Waals surface area contributed by atoms with Crippen LogP contribution in [-0.2, 0) is 0 Å². The lowest BCUT2D eigenvalue weighted by molar-refractivity contribution is 0.810. The summed E-state index contributed by atoms with van der Waals surface area (Å²) in [5.74, 6) is 0.461. The standard InChI is InChI=1S/C9H7N5/c1-7-5-12-14(6-7)9-8(4-10)2-3-11-13-9/h2-3,5-6H,1H3. The fourth-order valence-corrected chi connectivity index (χ4v) is 1.11. The van der Waals surface area contributed by atoms with Crippen LogP contribution in [0.1, 0.15) is 11.1 Å². The van der Waals surface area contributed by atoms with E-state index < -0.39 is 0 Å². The first-order chi connectivity index (χ1) is 6.81. The number of aromatic nitrogens is 4. The van der Waals surface area contributed by atoms with E-state index in [1.54, 1.807) is 23.1 Å². The van der Waals surface area contributed by atoms with Gasteiger partial charge in [-0.05, 0) is 18.6 Å². The molecule has 0 spiro atoms. The van der Waals surface area contributed by atoms with Crippen LogP contribution in [0, 0.1) is 18.3 Å². The fourth-order valence-electron chi connectivity index (χ4n) is 1.11. The summed E-state index contributed by atoms with van der Waals surface area (Å²) in [7, 11) is 0. The molecule has 5 heteroatoms. The molecule has 0 amide bonds. The SMILES string of the molecule is Cc1cnn(-c2nnccc2C#N)c1. The van der Waals surface area contributed by atoms with Crippen molar-refractivity contribution in [3.05, 3.63) is 35.8 Å². The Hall–Kier alpha value is -2.22. The van der Waals surface area contributed by atoms with E-state index in [9.17, 15) is 0 Å². The molecule has 0 aliphatic heterocycles. The minimum atomic E-state index is 0.461. The third-order valence-corrected chi connectivity index (χ3v) is 1.75. The van der Waals surface area contributed by atoms with E-state index in [-0.39, 0.29) is 0 Å². The zero-order chi connectivity index (χ0) is 9.97. The van der Waals surface area contributed by atoms with Crippen LogP contribution in [0.4, 0.5) is 0 Å². The van der Waals surface area contributed by atoms with Gasteiger partial charge in [0.1, 0.15) is 11.6 Å². The molecule has 0 atom stereocenters. The van der Waals surface area contributed by atoms with Crippen LogP contribution >= 0.6 is 0 Å². The summed E-state index contributed by atoms with van der Waals surface area (Å²) in [6.45, 7) is 1.92. The Morgan fingerprint density at radius 1 is 1.50 bits per heavy atom. The second kappa shape index (κ2) is 3.26. The topological polar surface area (TPSA) is 67.4 Å². The quantitative estimate of drug-likeness (QED) is 0.660. The van der Waals surface area contributed by atoms with E-state index in [4.69, 9.17) is 5.26 Å². The van der Waals surface area contributed by atoms with E-state index in [0.717, 1.165) is 5.56 Å². The van der Waals surface area contributed by atoms with Gasteiger partial charge in [0.2, 0.25) is 0 Å². The van der Waals surface area contributed by atoms with Crippen LogP contribution in [0.25, 0.3) is 5.82 Å². The Morgan fingerprint density at radius 2 is 2.36 bits per heavy atom. The summed E-state index contributed by atoms with van der Waals surface area (Å²) >= 11 is 0. The van der Waals surface area contributed by atoms with Gasteiger partial charge in [0, 0.05) is 6.20 Å². The van der Waals surface area contributed by atoms with Crippen molar-refractivity contribution in [2.45, 2.75) is 6.92 Å². The van der Waals surface area contributed by atoms with Crippen molar-refractivity contribution in [2.75, 3.05) is 0 Å². The summed E-state index contributed by atoms with van der Waals surface area (Å²) < 4.78 is 1.54. The number of nitriles is 1. The van der Waals surface area contributed by atoms with Gasteiger partial charge in [0.05, 0.1) is 12.4 Å². The first kappa shape index (κ1) is 8.38. The molecule has 0 aromatic carbocycles. The first-order valence-electron chi connectivity index (χ1n) is 4.04. The van der Waals surface area contributed by atoms with Crippen molar-refractivity contribution in [3.8, 4) is 11.9 Å². The highest BCUT2D eigenvalue weighted by Gasteiger charge is 2.06. The van der Waals surface area contributed by atoms with E-state index in [0.29, 0.717) is 11.4 Å². The normalized spacial score (nSPS) is 9.71. The van der Waals surface area contributed by atoms with Crippen LogP contribution in [-0.4, -0.2) is 20.0 Å². The van der Waals surface area contributed by atoms with Crippen molar-refractivity contribution in [3.63, 3.8) is 0 Å². The van der Waals surface area contributed by atoms with Gasteiger partial charge in [-0.15, -0.1) is 5.10 Å². The van der Waals surface area contributed by atoms with Crippen molar-refractivity contribution in [2.24, 2.45) is 0 Å². The molecule has 2 heterocycles. The van der Waals surface area contributed by atoms with Gasteiger partial charge in [-0.3, -0.25) is 0 Å². The molecule has 0 unspecified atom stereocenters. The molecule has 0 aliphatic rings. The lowest BCUT2D eigenvalue weighted by Crippen LogP contribution is -2.02. The lowest BCUT2D eigenvalue weighted by Gasteiger charge is -1.99. The number of rotatable bonds is 1. The second-order valence-corrected chi connectivity index (χ2v) is 2.84. The zero-order valence-electron chi connectivity index (χ0n) is 7.55. The van der Waals surface area contributed by atoms with Gasteiger partial charge in [-0.25, -0.2) is 4.68 Å². The highest BCUT2D eigenvalue weighted by Crippen LogP contribution is 2.08. The van der Waals surface area contributed by atoms with Gasteiger partial charge in [-0.2, -0.15) is 15.5 Å². The molecule has 0 saturated heterocycles. The molecule has 0 radical (unpaired) electrons.